The molecule has 130 valence electrons. The zero-order chi connectivity index (χ0) is 17.6. The summed E-state index contributed by atoms with van der Waals surface area (Å²) in [5.41, 5.74) is 1.83. The molecule has 25 heavy (non-hydrogen) atoms. The molecule has 2 aromatic heterocycles. The highest BCUT2D eigenvalue weighted by Gasteiger charge is 2.20. The molecule has 1 aliphatic carbocycles. The zero-order valence-electron chi connectivity index (χ0n) is 13.7. The summed E-state index contributed by atoms with van der Waals surface area (Å²) in [6.07, 6.45) is 4.31. The number of hydrogen-bond acceptors (Lipinski definition) is 5. The Labute approximate surface area is 162 Å². The molecule has 2 N–H and O–H groups in total. The van der Waals surface area contributed by atoms with Gasteiger partial charge in [0.25, 0.3) is 5.56 Å². The Morgan fingerprint density at radius 1 is 1.36 bits per heavy atom. The maximum atomic E-state index is 12.7. The molecular weight excluding hydrogens is 451 g/mol. The van der Waals surface area contributed by atoms with Gasteiger partial charge in [-0.05, 0) is 72.9 Å². The first-order valence-electron chi connectivity index (χ1n) is 8.28. The van der Waals surface area contributed by atoms with E-state index in [1.165, 1.54) is 16.9 Å². The van der Waals surface area contributed by atoms with Crippen LogP contribution in [0.4, 0.5) is 0 Å². The minimum atomic E-state index is -0.0829. The van der Waals surface area contributed by atoms with Gasteiger partial charge in [-0.25, -0.2) is 4.98 Å². The average Bonchev–Trinajstić information content (AvgIpc) is 2.97. The number of ether oxygens (including phenoxy) is 1. The van der Waals surface area contributed by atoms with Gasteiger partial charge in [-0.3, -0.25) is 4.79 Å². The molecule has 1 aliphatic rings. The Hall–Kier alpha value is -1.61. The molecule has 3 aromatic rings. The Balaban J connectivity index is 1.89. The molecule has 2 heterocycles. The van der Waals surface area contributed by atoms with Crippen LogP contribution in [0, 0.1) is 3.57 Å². The SMILES string of the molecule is CCOc1cc(-c2nc3sc4c(c3c(=O)[nH]2)CCCC4)cc(I)c1O. The number of hydrogen-bond donors (Lipinski definition) is 2. The molecular formula is C18H17IN2O3S. The third-order valence-corrected chi connectivity index (χ3v) is 6.43. The second-order valence-electron chi connectivity index (χ2n) is 6.04. The lowest BCUT2D eigenvalue weighted by atomic mass is 9.97. The van der Waals surface area contributed by atoms with Crippen LogP contribution in [0.1, 0.15) is 30.2 Å². The van der Waals surface area contributed by atoms with E-state index in [1.807, 2.05) is 6.92 Å². The smallest absolute Gasteiger partial charge is 0.260 e. The molecule has 0 unspecified atom stereocenters. The molecule has 0 atom stereocenters. The summed E-state index contributed by atoms with van der Waals surface area (Å²) in [5, 5.41) is 10.9. The Morgan fingerprint density at radius 3 is 2.96 bits per heavy atom. The second kappa shape index (κ2) is 6.60. The van der Waals surface area contributed by atoms with Crippen molar-refractivity contribution in [1.82, 2.24) is 9.97 Å². The van der Waals surface area contributed by atoms with Gasteiger partial charge in [0.2, 0.25) is 0 Å². The van der Waals surface area contributed by atoms with Gasteiger partial charge >= 0.3 is 0 Å². The lowest BCUT2D eigenvalue weighted by molar-refractivity contribution is 0.317. The summed E-state index contributed by atoms with van der Waals surface area (Å²) in [5.74, 6) is 1.02. The quantitative estimate of drug-likeness (QED) is 0.564. The molecule has 0 radical (unpaired) electrons. The van der Waals surface area contributed by atoms with Gasteiger partial charge in [0, 0.05) is 10.4 Å². The van der Waals surface area contributed by atoms with Crippen LogP contribution in [0.2, 0.25) is 0 Å². The van der Waals surface area contributed by atoms with E-state index < -0.39 is 0 Å². The van der Waals surface area contributed by atoms with Gasteiger partial charge in [0.1, 0.15) is 10.7 Å². The summed E-state index contributed by atoms with van der Waals surface area (Å²) >= 11 is 3.68. The number of nitrogens with one attached hydrogen (secondary N) is 1. The van der Waals surface area contributed by atoms with Crippen molar-refractivity contribution in [1.29, 1.82) is 0 Å². The van der Waals surface area contributed by atoms with Crippen molar-refractivity contribution >= 4 is 44.1 Å². The Morgan fingerprint density at radius 2 is 2.16 bits per heavy atom. The molecule has 0 spiro atoms. The Kier molecular flexibility index (Phi) is 4.45. The van der Waals surface area contributed by atoms with Crippen molar-refractivity contribution in [2.24, 2.45) is 0 Å². The largest absolute Gasteiger partial charge is 0.504 e. The van der Waals surface area contributed by atoms with E-state index in [0.717, 1.165) is 35.0 Å². The predicted octanol–water partition coefficient (Wildman–Crippen LogP) is 4.24. The van der Waals surface area contributed by atoms with Crippen molar-refractivity contribution in [3.8, 4) is 22.9 Å². The van der Waals surface area contributed by atoms with Gasteiger partial charge in [-0.15, -0.1) is 11.3 Å². The number of H-pyrrole nitrogens is 1. The van der Waals surface area contributed by atoms with Gasteiger partial charge in [0.05, 0.1) is 15.6 Å². The van der Waals surface area contributed by atoms with Crippen molar-refractivity contribution in [3.05, 3.63) is 36.5 Å². The standard InChI is InChI=1S/C18H17IN2O3S/c1-2-24-12-8-9(7-11(19)15(12)22)16-20-17(23)14-10-5-3-4-6-13(10)25-18(14)21-16/h7-8,22H,2-6H2,1H3,(H,20,21,23). The van der Waals surface area contributed by atoms with E-state index in [0.29, 0.717) is 21.8 Å². The fraction of sp³-hybridized carbons (Fsp3) is 0.333. The van der Waals surface area contributed by atoms with Crippen LogP contribution in [0.15, 0.2) is 16.9 Å². The fourth-order valence-electron chi connectivity index (χ4n) is 3.28. The third-order valence-electron chi connectivity index (χ3n) is 4.43. The van der Waals surface area contributed by atoms with E-state index >= 15 is 0 Å². The van der Waals surface area contributed by atoms with E-state index in [1.54, 1.807) is 23.5 Å². The summed E-state index contributed by atoms with van der Waals surface area (Å²) in [6, 6.07) is 3.52. The number of fused-ring (bicyclic) bond motifs is 3. The molecule has 0 bridgehead atoms. The van der Waals surface area contributed by atoms with Crippen LogP contribution in [0.3, 0.4) is 0 Å². The number of nitrogens with zero attached hydrogens (tertiary/aromatic N) is 1. The summed E-state index contributed by atoms with van der Waals surface area (Å²) in [6.45, 7) is 2.31. The van der Waals surface area contributed by atoms with Crippen LogP contribution in [0.25, 0.3) is 21.6 Å². The average molecular weight is 468 g/mol. The number of halogens is 1. The number of benzene rings is 1. The lowest BCUT2D eigenvalue weighted by Gasteiger charge is -2.10. The van der Waals surface area contributed by atoms with E-state index in [4.69, 9.17) is 9.72 Å². The van der Waals surface area contributed by atoms with Gasteiger partial charge in [-0.1, -0.05) is 0 Å². The summed E-state index contributed by atoms with van der Waals surface area (Å²) in [7, 11) is 0. The number of rotatable bonds is 3. The van der Waals surface area contributed by atoms with Crippen LogP contribution in [-0.4, -0.2) is 21.7 Å². The van der Waals surface area contributed by atoms with Crippen molar-refractivity contribution in [2.45, 2.75) is 32.6 Å². The number of aromatic nitrogens is 2. The highest BCUT2D eigenvalue weighted by atomic mass is 127. The van der Waals surface area contributed by atoms with Crippen molar-refractivity contribution < 1.29 is 9.84 Å². The monoisotopic (exact) mass is 468 g/mol. The van der Waals surface area contributed by atoms with Crippen LogP contribution in [-0.2, 0) is 12.8 Å². The molecule has 1 aromatic carbocycles. The topological polar surface area (TPSA) is 75.2 Å². The molecule has 0 amide bonds. The number of aryl methyl sites for hydroxylation is 2. The number of aromatic amines is 1. The molecule has 0 saturated carbocycles. The zero-order valence-corrected chi connectivity index (χ0v) is 16.7. The summed E-state index contributed by atoms with van der Waals surface area (Å²) < 4.78 is 6.15. The Bertz CT molecular complexity index is 1030. The van der Waals surface area contributed by atoms with Crippen LogP contribution in [0.5, 0.6) is 11.5 Å². The summed E-state index contributed by atoms with van der Waals surface area (Å²) in [4.78, 5) is 22.4. The number of aromatic hydroxyl groups is 1. The first-order chi connectivity index (χ1) is 12.1. The van der Waals surface area contributed by atoms with Crippen LogP contribution >= 0.6 is 33.9 Å². The number of phenols is 1. The highest BCUT2D eigenvalue weighted by Crippen LogP contribution is 2.37. The second-order valence-corrected chi connectivity index (χ2v) is 8.29. The van der Waals surface area contributed by atoms with Crippen LogP contribution < -0.4 is 10.3 Å². The fourth-order valence-corrected chi connectivity index (χ4v) is 5.14. The van der Waals surface area contributed by atoms with Crippen molar-refractivity contribution in [3.63, 3.8) is 0 Å². The normalized spacial score (nSPS) is 13.8. The molecule has 5 nitrogen and oxygen atoms in total. The molecule has 0 aliphatic heterocycles. The number of phenolic OH excluding ortho intramolecular Hbond substituents is 1. The number of thiophene rings is 1. The van der Waals surface area contributed by atoms with E-state index in [-0.39, 0.29) is 11.3 Å². The molecule has 4 rings (SSSR count). The molecule has 7 heteroatoms. The maximum absolute atomic E-state index is 12.7. The van der Waals surface area contributed by atoms with Gasteiger partial charge < -0.3 is 14.8 Å². The molecule has 0 fully saturated rings. The van der Waals surface area contributed by atoms with E-state index in [2.05, 4.69) is 27.6 Å². The minimum Gasteiger partial charge on any atom is -0.504 e. The maximum Gasteiger partial charge on any atom is 0.260 e. The highest BCUT2D eigenvalue weighted by molar-refractivity contribution is 14.1. The predicted molar refractivity (Wildman–Crippen MR) is 108 cm³/mol. The first kappa shape index (κ1) is 16.8. The molecule has 0 saturated heterocycles. The van der Waals surface area contributed by atoms with Crippen molar-refractivity contribution in [2.75, 3.05) is 6.61 Å². The first-order valence-corrected chi connectivity index (χ1v) is 10.2. The minimum absolute atomic E-state index is 0.0829. The van der Waals surface area contributed by atoms with Gasteiger partial charge in [0.15, 0.2) is 11.5 Å². The van der Waals surface area contributed by atoms with E-state index in [9.17, 15) is 9.90 Å². The third kappa shape index (κ3) is 2.93. The van der Waals surface area contributed by atoms with Gasteiger partial charge in [-0.2, -0.15) is 0 Å². The lowest BCUT2D eigenvalue weighted by Crippen LogP contribution is -2.11.